The van der Waals surface area contributed by atoms with Gasteiger partial charge in [0.15, 0.2) is 0 Å². The molecule has 0 bridgehead atoms. The molecule has 1 rings (SSSR count). The van der Waals surface area contributed by atoms with Crippen molar-refractivity contribution in [2.24, 2.45) is 0 Å². The monoisotopic (exact) mass is 181 g/mol. The lowest BCUT2D eigenvalue weighted by Gasteiger charge is -2.14. The van der Waals surface area contributed by atoms with Gasteiger partial charge in [-0.1, -0.05) is 12.1 Å². The molecule has 0 aliphatic heterocycles. The van der Waals surface area contributed by atoms with E-state index >= 15 is 0 Å². The fraction of sp³-hybridized carbons (Fsp3) is 0.400. The Morgan fingerprint density at radius 1 is 1.38 bits per heavy atom. The fourth-order valence-corrected chi connectivity index (χ4v) is 1.21. The maximum absolute atomic E-state index is 9.08. The summed E-state index contributed by atoms with van der Waals surface area (Å²) in [4.78, 5) is 0. The number of benzene rings is 1. The SMILES string of the molecule is CNC[C@@H](OC)c1ccc(O)cc1. The van der Waals surface area contributed by atoms with Crippen molar-refractivity contribution in [3.63, 3.8) is 0 Å². The summed E-state index contributed by atoms with van der Waals surface area (Å²) >= 11 is 0. The van der Waals surface area contributed by atoms with E-state index in [1.54, 1.807) is 19.2 Å². The zero-order chi connectivity index (χ0) is 9.68. The number of phenolic OH excluding ortho intramolecular Hbond substituents is 1. The standard InChI is InChI=1S/C10H15NO2/c1-11-7-10(13-2)8-3-5-9(12)6-4-8/h3-6,10-12H,7H2,1-2H3/t10-/m1/s1. The number of nitrogens with one attached hydrogen (secondary N) is 1. The largest absolute Gasteiger partial charge is 0.508 e. The van der Waals surface area contributed by atoms with E-state index in [4.69, 9.17) is 9.84 Å². The average molecular weight is 181 g/mol. The van der Waals surface area contributed by atoms with Crippen LogP contribution in [0.3, 0.4) is 0 Å². The summed E-state index contributed by atoms with van der Waals surface area (Å²) in [6, 6.07) is 7.05. The molecule has 13 heavy (non-hydrogen) atoms. The third-order valence-corrected chi connectivity index (χ3v) is 1.94. The zero-order valence-electron chi connectivity index (χ0n) is 7.95. The molecule has 1 atom stereocenters. The van der Waals surface area contributed by atoms with E-state index in [2.05, 4.69) is 5.32 Å². The van der Waals surface area contributed by atoms with E-state index in [1.807, 2.05) is 19.2 Å². The van der Waals surface area contributed by atoms with Gasteiger partial charge < -0.3 is 15.2 Å². The highest BCUT2D eigenvalue weighted by atomic mass is 16.5. The molecule has 0 spiro atoms. The minimum Gasteiger partial charge on any atom is -0.508 e. The Labute approximate surface area is 78.3 Å². The van der Waals surface area contributed by atoms with Crippen LogP contribution in [0.15, 0.2) is 24.3 Å². The summed E-state index contributed by atoms with van der Waals surface area (Å²) in [5, 5.41) is 12.1. The van der Waals surface area contributed by atoms with Gasteiger partial charge in [0.25, 0.3) is 0 Å². The van der Waals surface area contributed by atoms with Gasteiger partial charge in [0.2, 0.25) is 0 Å². The summed E-state index contributed by atoms with van der Waals surface area (Å²) in [6.07, 6.45) is 0.0469. The van der Waals surface area contributed by atoms with Crippen LogP contribution in [0.5, 0.6) is 5.75 Å². The normalized spacial score (nSPS) is 12.8. The van der Waals surface area contributed by atoms with Crippen molar-refractivity contribution in [3.05, 3.63) is 29.8 Å². The fourth-order valence-electron chi connectivity index (χ4n) is 1.21. The summed E-state index contributed by atoms with van der Waals surface area (Å²) < 4.78 is 5.27. The molecular weight excluding hydrogens is 166 g/mol. The number of phenols is 1. The highest BCUT2D eigenvalue weighted by molar-refractivity contribution is 5.27. The summed E-state index contributed by atoms with van der Waals surface area (Å²) in [5.41, 5.74) is 1.06. The quantitative estimate of drug-likeness (QED) is 0.735. The first kappa shape index (κ1) is 10.0. The molecule has 0 radical (unpaired) electrons. The zero-order valence-corrected chi connectivity index (χ0v) is 7.95. The Hall–Kier alpha value is -1.06. The van der Waals surface area contributed by atoms with E-state index in [9.17, 15) is 0 Å². The van der Waals surface area contributed by atoms with Gasteiger partial charge in [0.05, 0.1) is 6.10 Å². The van der Waals surface area contributed by atoms with Crippen LogP contribution in [0.4, 0.5) is 0 Å². The van der Waals surface area contributed by atoms with Crippen molar-refractivity contribution in [2.45, 2.75) is 6.10 Å². The molecule has 0 unspecified atom stereocenters. The molecule has 0 aliphatic rings. The highest BCUT2D eigenvalue weighted by Gasteiger charge is 2.08. The second-order valence-electron chi connectivity index (χ2n) is 2.87. The molecule has 1 aromatic carbocycles. The van der Waals surface area contributed by atoms with E-state index in [1.165, 1.54) is 0 Å². The van der Waals surface area contributed by atoms with Gasteiger partial charge in [-0.25, -0.2) is 0 Å². The molecule has 0 heterocycles. The van der Waals surface area contributed by atoms with Crippen LogP contribution in [-0.2, 0) is 4.74 Å². The second-order valence-corrected chi connectivity index (χ2v) is 2.87. The Morgan fingerprint density at radius 2 is 2.00 bits per heavy atom. The molecule has 3 nitrogen and oxygen atoms in total. The summed E-state index contributed by atoms with van der Waals surface area (Å²) in [7, 11) is 3.56. The average Bonchev–Trinajstić information content (AvgIpc) is 2.16. The molecule has 3 heteroatoms. The lowest BCUT2D eigenvalue weighted by atomic mass is 10.1. The third-order valence-electron chi connectivity index (χ3n) is 1.94. The maximum atomic E-state index is 9.08. The van der Waals surface area contributed by atoms with Crippen LogP contribution >= 0.6 is 0 Å². The number of likely N-dealkylation sites (N-methyl/N-ethyl adjacent to an activating group) is 1. The molecule has 0 aromatic heterocycles. The van der Waals surface area contributed by atoms with Gasteiger partial charge in [-0.3, -0.25) is 0 Å². The van der Waals surface area contributed by atoms with Gasteiger partial charge >= 0.3 is 0 Å². The van der Waals surface area contributed by atoms with Crippen LogP contribution in [0.25, 0.3) is 0 Å². The summed E-state index contributed by atoms with van der Waals surface area (Å²) in [6.45, 7) is 0.765. The van der Waals surface area contributed by atoms with Crippen LogP contribution in [0.2, 0.25) is 0 Å². The maximum Gasteiger partial charge on any atom is 0.115 e. The number of ether oxygens (including phenoxy) is 1. The third kappa shape index (κ3) is 2.72. The minimum absolute atomic E-state index is 0.0469. The highest BCUT2D eigenvalue weighted by Crippen LogP contribution is 2.18. The second kappa shape index (κ2) is 4.84. The predicted octanol–water partition coefficient (Wildman–Crippen LogP) is 1.30. The van der Waals surface area contributed by atoms with Crippen molar-refractivity contribution in [3.8, 4) is 5.75 Å². The molecule has 0 saturated heterocycles. The molecule has 0 fully saturated rings. The molecular formula is C10H15NO2. The molecule has 72 valence electrons. The molecule has 0 aliphatic carbocycles. The number of methoxy groups -OCH3 is 1. The molecule has 1 aromatic rings. The van der Waals surface area contributed by atoms with Crippen molar-refractivity contribution in [1.82, 2.24) is 5.32 Å². The van der Waals surface area contributed by atoms with Crippen molar-refractivity contribution >= 4 is 0 Å². The van der Waals surface area contributed by atoms with Gasteiger partial charge in [0, 0.05) is 13.7 Å². The topological polar surface area (TPSA) is 41.5 Å². The molecule has 0 amide bonds. The van der Waals surface area contributed by atoms with Crippen LogP contribution in [0.1, 0.15) is 11.7 Å². The first-order chi connectivity index (χ1) is 6.27. The lowest BCUT2D eigenvalue weighted by Crippen LogP contribution is -2.18. The number of rotatable bonds is 4. The van der Waals surface area contributed by atoms with Crippen LogP contribution in [-0.4, -0.2) is 25.8 Å². The number of aromatic hydroxyl groups is 1. The van der Waals surface area contributed by atoms with E-state index in [-0.39, 0.29) is 11.9 Å². The Bertz CT molecular complexity index is 246. The Balaban J connectivity index is 2.73. The van der Waals surface area contributed by atoms with E-state index < -0.39 is 0 Å². The smallest absolute Gasteiger partial charge is 0.115 e. The predicted molar refractivity (Wildman–Crippen MR) is 51.8 cm³/mol. The van der Waals surface area contributed by atoms with E-state index in [0.717, 1.165) is 12.1 Å². The van der Waals surface area contributed by atoms with Crippen LogP contribution in [0, 0.1) is 0 Å². The van der Waals surface area contributed by atoms with Crippen molar-refractivity contribution < 1.29 is 9.84 Å². The van der Waals surface area contributed by atoms with Gasteiger partial charge in [-0.05, 0) is 24.7 Å². The Morgan fingerprint density at radius 3 is 2.46 bits per heavy atom. The van der Waals surface area contributed by atoms with E-state index in [0.29, 0.717) is 0 Å². The number of hydrogen-bond donors (Lipinski definition) is 2. The van der Waals surface area contributed by atoms with Gasteiger partial charge in [0.1, 0.15) is 5.75 Å². The molecule has 2 N–H and O–H groups in total. The van der Waals surface area contributed by atoms with Crippen molar-refractivity contribution in [2.75, 3.05) is 20.7 Å². The first-order valence-corrected chi connectivity index (χ1v) is 4.24. The molecule has 0 saturated carbocycles. The van der Waals surface area contributed by atoms with Crippen LogP contribution < -0.4 is 5.32 Å². The summed E-state index contributed by atoms with van der Waals surface area (Å²) in [5.74, 6) is 0.281. The lowest BCUT2D eigenvalue weighted by molar-refractivity contribution is 0.104. The van der Waals surface area contributed by atoms with Crippen molar-refractivity contribution in [1.29, 1.82) is 0 Å². The van der Waals surface area contributed by atoms with Gasteiger partial charge in [-0.15, -0.1) is 0 Å². The first-order valence-electron chi connectivity index (χ1n) is 4.24. The van der Waals surface area contributed by atoms with Gasteiger partial charge in [-0.2, -0.15) is 0 Å². The minimum atomic E-state index is 0.0469. The number of hydrogen-bond acceptors (Lipinski definition) is 3. The Kier molecular flexibility index (Phi) is 3.73.